The SMILES string of the molecule is O=C(CN1C(=O)NC2(CCCN(Cc3ccccc3)C2)C1=O)Nc1ccc(F)cc1F. The highest BCUT2D eigenvalue weighted by atomic mass is 19.1. The van der Waals surface area contributed by atoms with Crippen molar-refractivity contribution in [1.82, 2.24) is 15.1 Å². The van der Waals surface area contributed by atoms with Gasteiger partial charge in [-0.15, -0.1) is 0 Å². The van der Waals surface area contributed by atoms with Crippen molar-refractivity contribution in [3.63, 3.8) is 0 Å². The summed E-state index contributed by atoms with van der Waals surface area (Å²) in [7, 11) is 0. The molecular weight excluding hydrogens is 406 g/mol. The average molecular weight is 428 g/mol. The number of anilines is 1. The van der Waals surface area contributed by atoms with Crippen LogP contribution < -0.4 is 10.6 Å². The predicted molar refractivity (Wildman–Crippen MR) is 109 cm³/mol. The Morgan fingerprint density at radius 1 is 1.13 bits per heavy atom. The fourth-order valence-corrected chi connectivity index (χ4v) is 4.14. The van der Waals surface area contributed by atoms with Crippen molar-refractivity contribution in [2.24, 2.45) is 0 Å². The van der Waals surface area contributed by atoms with Gasteiger partial charge in [0.25, 0.3) is 5.91 Å². The van der Waals surface area contributed by atoms with Crippen LogP contribution in [0.1, 0.15) is 18.4 Å². The molecule has 0 saturated carbocycles. The normalized spacial score (nSPS) is 21.4. The van der Waals surface area contributed by atoms with Crippen LogP contribution in [-0.4, -0.2) is 52.8 Å². The molecule has 2 N–H and O–H groups in total. The van der Waals surface area contributed by atoms with Crippen molar-refractivity contribution in [2.75, 3.05) is 25.0 Å². The number of piperidine rings is 1. The largest absolute Gasteiger partial charge is 0.325 e. The Balaban J connectivity index is 1.42. The number of carbonyl (C=O) groups excluding carboxylic acids is 3. The molecule has 9 heteroatoms. The van der Waals surface area contributed by atoms with E-state index >= 15 is 0 Å². The van der Waals surface area contributed by atoms with E-state index in [4.69, 9.17) is 0 Å². The number of likely N-dealkylation sites (tertiary alicyclic amines) is 1. The Labute approximate surface area is 178 Å². The van der Waals surface area contributed by atoms with Gasteiger partial charge in [-0.25, -0.2) is 13.6 Å². The second-order valence-electron chi connectivity index (χ2n) is 7.88. The number of rotatable bonds is 5. The van der Waals surface area contributed by atoms with Gasteiger partial charge >= 0.3 is 6.03 Å². The molecule has 2 aromatic carbocycles. The Morgan fingerprint density at radius 3 is 2.65 bits per heavy atom. The van der Waals surface area contributed by atoms with E-state index in [2.05, 4.69) is 15.5 Å². The van der Waals surface area contributed by atoms with Crippen LogP contribution in [0.15, 0.2) is 48.5 Å². The molecule has 31 heavy (non-hydrogen) atoms. The Kier molecular flexibility index (Phi) is 5.69. The molecule has 4 rings (SSSR count). The van der Waals surface area contributed by atoms with Crippen molar-refractivity contribution in [1.29, 1.82) is 0 Å². The highest BCUT2D eigenvalue weighted by Crippen LogP contribution is 2.29. The Morgan fingerprint density at radius 2 is 1.90 bits per heavy atom. The maximum Gasteiger partial charge on any atom is 0.325 e. The molecule has 4 amide bonds. The van der Waals surface area contributed by atoms with Crippen LogP contribution in [0.3, 0.4) is 0 Å². The van der Waals surface area contributed by atoms with Gasteiger partial charge in [-0.2, -0.15) is 0 Å². The third-order valence-corrected chi connectivity index (χ3v) is 5.57. The van der Waals surface area contributed by atoms with Gasteiger partial charge in [-0.3, -0.25) is 19.4 Å². The highest BCUT2D eigenvalue weighted by Gasteiger charge is 2.53. The van der Waals surface area contributed by atoms with Crippen LogP contribution in [0.2, 0.25) is 0 Å². The summed E-state index contributed by atoms with van der Waals surface area (Å²) in [4.78, 5) is 40.9. The molecule has 2 fully saturated rings. The van der Waals surface area contributed by atoms with E-state index in [1.165, 1.54) is 0 Å². The first-order valence-corrected chi connectivity index (χ1v) is 10.0. The van der Waals surface area contributed by atoms with Crippen LogP contribution in [0.5, 0.6) is 0 Å². The first kappa shape index (κ1) is 20.9. The zero-order valence-corrected chi connectivity index (χ0v) is 16.7. The molecule has 7 nitrogen and oxygen atoms in total. The topological polar surface area (TPSA) is 81.8 Å². The number of carbonyl (C=O) groups is 3. The van der Waals surface area contributed by atoms with E-state index in [1.54, 1.807) is 0 Å². The first-order chi connectivity index (χ1) is 14.9. The molecule has 2 heterocycles. The number of imide groups is 1. The van der Waals surface area contributed by atoms with Gasteiger partial charge in [-0.1, -0.05) is 30.3 Å². The monoisotopic (exact) mass is 428 g/mol. The summed E-state index contributed by atoms with van der Waals surface area (Å²) in [6.45, 7) is 1.24. The second kappa shape index (κ2) is 8.43. The Hall–Kier alpha value is -3.33. The minimum Gasteiger partial charge on any atom is -0.322 e. The molecule has 0 aromatic heterocycles. The van der Waals surface area contributed by atoms with E-state index in [0.29, 0.717) is 25.6 Å². The zero-order chi connectivity index (χ0) is 22.0. The highest BCUT2D eigenvalue weighted by molar-refractivity contribution is 6.10. The van der Waals surface area contributed by atoms with E-state index in [1.807, 2.05) is 30.3 Å². The number of nitrogens with one attached hydrogen (secondary N) is 2. The fraction of sp³-hybridized carbons (Fsp3) is 0.318. The van der Waals surface area contributed by atoms with Crippen molar-refractivity contribution in [3.8, 4) is 0 Å². The number of urea groups is 1. The molecule has 1 spiro atoms. The third kappa shape index (κ3) is 4.41. The van der Waals surface area contributed by atoms with Crippen LogP contribution in [-0.2, 0) is 16.1 Å². The number of amides is 4. The minimum absolute atomic E-state index is 0.222. The number of halogens is 2. The van der Waals surface area contributed by atoms with Gasteiger partial charge in [0.2, 0.25) is 5.91 Å². The lowest BCUT2D eigenvalue weighted by Gasteiger charge is -2.38. The molecule has 0 aliphatic carbocycles. The van der Waals surface area contributed by atoms with Crippen LogP contribution in [0.4, 0.5) is 19.3 Å². The lowest BCUT2D eigenvalue weighted by Crippen LogP contribution is -2.58. The van der Waals surface area contributed by atoms with E-state index < -0.39 is 41.6 Å². The quantitative estimate of drug-likeness (QED) is 0.717. The second-order valence-corrected chi connectivity index (χ2v) is 7.88. The van der Waals surface area contributed by atoms with Crippen LogP contribution in [0.25, 0.3) is 0 Å². The zero-order valence-electron chi connectivity index (χ0n) is 16.7. The van der Waals surface area contributed by atoms with Gasteiger partial charge in [-0.05, 0) is 37.1 Å². The summed E-state index contributed by atoms with van der Waals surface area (Å²) in [5.41, 5.74) is -0.195. The van der Waals surface area contributed by atoms with E-state index in [9.17, 15) is 23.2 Å². The molecule has 0 bridgehead atoms. The first-order valence-electron chi connectivity index (χ1n) is 10.0. The predicted octanol–water partition coefficient (Wildman–Crippen LogP) is 2.49. The smallest absolute Gasteiger partial charge is 0.322 e. The van der Waals surface area contributed by atoms with Gasteiger partial charge in [0.1, 0.15) is 23.7 Å². The van der Waals surface area contributed by atoms with Gasteiger partial charge in [0.15, 0.2) is 0 Å². The van der Waals surface area contributed by atoms with Gasteiger partial charge in [0.05, 0.1) is 5.69 Å². The third-order valence-electron chi connectivity index (χ3n) is 5.57. The fourth-order valence-electron chi connectivity index (χ4n) is 4.14. The number of hydrogen-bond acceptors (Lipinski definition) is 4. The van der Waals surface area contributed by atoms with Gasteiger partial charge in [0, 0.05) is 19.2 Å². The molecule has 2 aliphatic rings. The molecule has 2 aromatic rings. The average Bonchev–Trinajstić information content (AvgIpc) is 2.95. The van der Waals surface area contributed by atoms with Crippen molar-refractivity contribution >= 4 is 23.5 Å². The lowest BCUT2D eigenvalue weighted by molar-refractivity contribution is -0.135. The summed E-state index contributed by atoms with van der Waals surface area (Å²) in [6, 6.07) is 11.9. The minimum atomic E-state index is -1.08. The van der Waals surface area contributed by atoms with Crippen molar-refractivity contribution < 1.29 is 23.2 Å². The summed E-state index contributed by atoms with van der Waals surface area (Å²) in [6.07, 6.45) is 1.20. The summed E-state index contributed by atoms with van der Waals surface area (Å²) < 4.78 is 26.8. The number of nitrogens with zero attached hydrogens (tertiary/aromatic N) is 2. The molecule has 162 valence electrons. The molecular formula is C22H22F2N4O3. The summed E-state index contributed by atoms with van der Waals surface area (Å²) in [5, 5.41) is 5.04. The number of hydrogen-bond donors (Lipinski definition) is 2. The standard InChI is InChI=1S/C22H22F2N4O3/c23-16-7-8-18(17(24)11-16)25-19(29)13-28-20(30)22(26-21(28)31)9-4-10-27(14-22)12-15-5-2-1-3-6-15/h1-3,5-8,11H,4,9-10,12-14H2,(H,25,29)(H,26,31). The molecule has 1 unspecified atom stereocenters. The molecule has 2 saturated heterocycles. The maximum absolute atomic E-state index is 13.8. The summed E-state index contributed by atoms with van der Waals surface area (Å²) >= 11 is 0. The lowest BCUT2D eigenvalue weighted by atomic mass is 9.88. The van der Waals surface area contributed by atoms with E-state index in [0.717, 1.165) is 35.6 Å². The Bertz CT molecular complexity index is 1020. The van der Waals surface area contributed by atoms with Crippen LogP contribution >= 0.6 is 0 Å². The van der Waals surface area contributed by atoms with E-state index in [-0.39, 0.29) is 5.69 Å². The maximum atomic E-state index is 13.8. The van der Waals surface area contributed by atoms with Gasteiger partial charge < -0.3 is 10.6 Å². The van der Waals surface area contributed by atoms with Crippen LogP contribution in [0, 0.1) is 11.6 Å². The number of benzene rings is 2. The molecule has 0 radical (unpaired) electrons. The molecule has 2 aliphatic heterocycles. The molecule has 1 atom stereocenters. The van der Waals surface area contributed by atoms with Crippen molar-refractivity contribution in [2.45, 2.75) is 24.9 Å². The summed E-state index contributed by atoms with van der Waals surface area (Å²) in [5.74, 6) is -2.93. The van der Waals surface area contributed by atoms with Crippen molar-refractivity contribution in [3.05, 3.63) is 65.7 Å².